The lowest BCUT2D eigenvalue weighted by Crippen LogP contribution is -2.52. The molecule has 0 aromatic carbocycles. The minimum Gasteiger partial charge on any atom is -0.369 e. The van der Waals surface area contributed by atoms with E-state index in [-0.39, 0.29) is 11.9 Å². The van der Waals surface area contributed by atoms with Gasteiger partial charge in [-0.1, -0.05) is 0 Å². The summed E-state index contributed by atoms with van der Waals surface area (Å²) in [4.78, 5) is 33.3. The Labute approximate surface area is 139 Å². The van der Waals surface area contributed by atoms with Crippen molar-refractivity contribution in [1.82, 2.24) is 14.8 Å². The van der Waals surface area contributed by atoms with Crippen molar-refractivity contribution < 1.29 is 9.59 Å². The first kappa shape index (κ1) is 15.1. The van der Waals surface area contributed by atoms with E-state index in [2.05, 4.69) is 15.3 Å². The quantitative estimate of drug-likeness (QED) is 0.827. The standard InChI is InChI=1S/C16H22N4O2S/c17-14(21)16(3-4-16)15(22)20-6-11-1-2-13(20)8-19(5-11)7-12-9-23-10-18-12/h9-11,13H,1-8H2,(H2,17,21)/t11-,13+/m0/s1. The number of aromatic nitrogens is 1. The first-order valence-electron chi connectivity index (χ1n) is 8.29. The molecule has 2 N–H and O–H groups in total. The second-order valence-electron chi connectivity index (χ2n) is 7.17. The number of hydrogen-bond acceptors (Lipinski definition) is 5. The number of nitrogens with two attached hydrogens (primary N) is 1. The fourth-order valence-corrected chi connectivity index (χ4v) is 4.62. The molecule has 0 unspecified atom stereocenters. The average Bonchev–Trinajstić information content (AvgIpc) is 3.27. The normalized spacial score (nSPS) is 29.3. The monoisotopic (exact) mass is 334 g/mol. The largest absolute Gasteiger partial charge is 0.369 e. The number of nitrogens with zero attached hydrogens (tertiary/aromatic N) is 3. The van der Waals surface area contributed by atoms with Crippen LogP contribution in [0.2, 0.25) is 0 Å². The highest BCUT2D eigenvalue weighted by atomic mass is 32.1. The Kier molecular flexibility index (Phi) is 3.65. The molecule has 1 aromatic rings. The van der Waals surface area contributed by atoms with Gasteiger partial charge >= 0.3 is 0 Å². The zero-order valence-corrected chi connectivity index (χ0v) is 13.9. The van der Waals surface area contributed by atoms with Gasteiger partial charge in [0, 0.05) is 37.6 Å². The molecule has 2 amide bonds. The van der Waals surface area contributed by atoms with Crippen LogP contribution >= 0.6 is 11.3 Å². The fraction of sp³-hybridized carbons (Fsp3) is 0.688. The maximum Gasteiger partial charge on any atom is 0.238 e. The summed E-state index contributed by atoms with van der Waals surface area (Å²) in [6, 6.07) is 0.205. The number of hydrogen-bond donors (Lipinski definition) is 1. The van der Waals surface area contributed by atoms with Crippen LogP contribution in [-0.2, 0) is 16.1 Å². The highest BCUT2D eigenvalue weighted by Gasteiger charge is 2.58. The minimum absolute atomic E-state index is 0.0183. The summed E-state index contributed by atoms with van der Waals surface area (Å²) in [7, 11) is 0. The van der Waals surface area contributed by atoms with E-state index >= 15 is 0 Å². The van der Waals surface area contributed by atoms with Crippen LogP contribution in [0.5, 0.6) is 0 Å². The SMILES string of the molecule is NC(=O)C1(C(=O)N2C[C@H]3CC[C@@H]2CN(Cc2cscn2)C3)CC1. The molecule has 3 saturated heterocycles. The summed E-state index contributed by atoms with van der Waals surface area (Å²) < 4.78 is 0. The second kappa shape index (κ2) is 5.56. The van der Waals surface area contributed by atoms with Crippen LogP contribution in [0.1, 0.15) is 31.4 Å². The van der Waals surface area contributed by atoms with E-state index in [1.165, 1.54) is 0 Å². The lowest BCUT2D eigenvalue weighted by Gasteiger charge is -2.38. The molecule has 1 aliphatic carbocycles. The molecule has 23 heavy (non-hydrogen) atoms. The number of carbonyl (C=O) groups is 2. The molecule has 1 saturated carbocycles. The Morgan fingerprint density at radius 2 is 2.13 bits per heavy atom. The van der Waals surface area contributed by atoms with Gasteiger partial charge < -0.3 is 10.6 Å². The fourth-order valence-electron chi connectivity index (χ4n) is 4.07. The topological polar surface area (TPSA) is 79.5 Å². The zero-order valence-electron chi connectivity index (χ0n) is 13.1. The van der Waals surface area contributed by atoms with E-state index in [1.807, 2.05) is 10.4 Å². The lowest BCUT2D eigenvalue weighted by atomic mass is 9.92. The molecule has 4 heterocycles. The van der Waals surface area contributed by atoms with Gasteiger partial charge in [-0.05, 0) is 31.6 Å². The molecule has 4 fully saturated rings. The van der Waals surface area contributed by atoms with Crippen molar-refractivity contribution in [3.05, 3.63) is 16.6 Å². The number of thiazole rings is 1. The summed E-state index contributed by atoms with van der Waals surface area (Å²) in [6.45, 7) is 3.49. The first-order valence-corrected chi connectivity index (χ1v) is 9.23. The predicted octanol–water partition coefficient (Wildman–Crippen LogP) is 0.831. The van der Waals surface area contributed by atoms with Gasteiger partial charge in [0.05, 0.1) is 11.2 Å². The number of amides is 2. The third kappa shape index (κ3) is 2.65. The van der Waals surface area contributed by atoms with Crippen molar-refractivity contribution in [2.45, 2.75) is 38.3 Å². The molecule has 7 heteroatoms. The Morgan fingerprint density at radius 3 is 2.78 bits per heavy atom. The van der Waals surface area contributed by atoms with E-state index in [4.69, 9.17) is 5.73 Å². The van der Waals surface area contributed by atoms with Crippen LogP contribution in [0.15, 0.2) is 10.9 Å². The van der Waals surface area contributed by atoms with Gasteiger partial charge in [-0.3, -0.25) is 14.5 Å². The van der Waals surface area contributed by atoms with Gasteiger partial charge in [-0.15, -0.1) is 11.3 Å². The molecule has 3 aliphatic heterocycles. The van der Waals surface area contributed by atoms with Crippen LogP contribution < -0.4 is 5.73 Å². The van der Waals surface area contributed by atoms with Gasteiger partial charge in [0.15, 0.2) is 0 Å². The molecule has 5 rings (SSSR count). The summed E-state index contributed by atoms with van der Waals surface area (Å²) in [5.41, 5.74) is 7.57. The lowest BCUT2D eigenvalue weighted by molar-refractivity contribution is -0.146. The van der Waals surface area contributed by atoms with Crippen LogP contribution in [0.4, 0.5) is 0 Å². The van der Waals surface area contributed by atoms with E-state index in [0.29, 0.717) is 18.8 Å². The maximum atomic E-state index is 12.9. The van der Waals surface area contributed by atoms with Gasteiger partial charge in [-0.2, -0.15) is 0 Å². The van der Waals surface area contributed by atoms with Crippen LogP contribution in [0, 0.1) is 11.3 Å². The molecule has 0 radical (unpaired) electrons. The Hall–Kier alpha value is -1.47. The van der Waals surface area contributed by atoms with E-state index < -0.39 is 11.3 Å². The molecule has 124 valence electrons. The minimum atomic E-state index is -0.885. The van der Waals surface area contributed by atoms with Crippen molar-refractivity contribution in [2.75, 3.05) is 19.6 Å². The third-order valence-corrected chi connectivity index (χ3v) is 6.19. The first-order chi connectivity index (χ1) is 11.1. The summed E-state index contributed by atoms with van der Waals surface area (Å²) in [5, 5.41) is 2.09. The van der Waals surface area contributed by atoms with E-state index in [1.54, 1.807) is 11.3 Å². The van der Waals surface area contributed by atoms with Gasteiger partial charge in [0.25, 0.3) is 0 Å². The third-order valence-electron chi connectivity index (χ3n) is 5.55. The Bertz CT molecular complexity index is 614. The molecular weight excluding hydrogens is 312 g/mol. The van der Waals surface area contributed by atoms with E-state index in [9.17, 15) is 9.59 Å². The number of fused-ring (bicyclic) bond motifs is 4. The summed E-state index contributed by atoms with van der Waals surface area (Å²) in [5.74, 6) is 0.0252. The van der Waals surface area contributed by atoms with Crippen LogP contribution in [0.25, 0.3) is 0 Å². The molecule has 2 bridgehead atoms. The molecule has 4 aliphatic rings. The molecule has 6 nitrogen and oxygen atoms in total. The Morgan fingerprint density at radius 1 is 1.30 bits per heavy atom. The molecule has 0 spiro atoms. The van der Waals surface area contributed by atoms with Crippen molar-refractivity contribution in [1.29, 1.82) is 0 Å². The maximum absolute atomic E-state index is 12.9. The molecule has 1 aromatic heterocycles. The average molecular weight is 334 g/mol. The number of primary amides is 1. The highest BCUT2D eigenvalue weighted by Crippen LogP contribution is 2.48. The zero-order chi connectivity index (χ0) is 16.0. The Balaban J connectivity index is 1.49. The van der Waals surface area contributed by atoms with Gasteiger partial charge in [0.2, 0.25) is 11.8 Å². The van der Waals surface area contributed by atoms with Crippen molar-refractivity contribution in [3.8, 4) is 0 Å². The van der Waals surface area contributed by atoms with Crippen molar-refractivity contribution in [2.24, 2.45) is 17.1 Å². The predicted molar refractivity (Wildman–Crippen MR) is 86.5 cm³/mol. The van der Waals surface area contributed by atoms with Gasteiger partial charge in [0.1, 0.15) is 5.41 Å². The van der Waals surface area contributed by atoms with Crippen LogP contribution in [-0.4, -0.2) is 52.3 Å². The second-order valence-corrected chi connectivity index (χ2v) is 7.89. The number of piperidine rings is 1. The van der Waals surface area contributed by atoms with E-state index in [0.717, 1.165) is 44.7 Å². The van der Waals surface area contributed by atoms with Gasteiger partial charge in [-0.25, -0.2) is 4.98 Å². The van der Waals surface area contributed by atoms with Crippen LogP contribution in [0.3, 0.4) is 0 Å². The molecular formula is C16H22N4O2S. The smallest absolute Gasteiger partial charge is 0.238 e. The number of rotatable bonds is 4. The summed E-state index contributed by atoms with van der Waals surface area (Å²) in [6.07, 6.45) is 3.43. The summed E-state index contributed by atoms with van der Waals surface area (Å²) >= 11 is 1.62. The highest BCUT2D eigenvalue weighted by molar-refractivity contribution is 7.07. The van der Waals surface area contributed by atoms with Crippen molar-refractivity contribution in [3.63, 3.8) is 0 Å². The molecule has 2 atom stereocenters. The number of carbonyl (C=O) groups excluding carboxylic acids is 2. The van der Waals surface area contributed by atoms with Crippen molar-refractivity contribution >= 4 is 23.2 Å².